The summed E-state index contributed by atoms with van der Waals surface area (Å²) in [5.74, 6) is 1.54. The van der Waals surface area contributed by atoms with Gasteiger partial charge in [0, 0.05) is 5.92 Å². The second-order valence-corrected chi connectivity index (χ2v) is 4.66. The van der Waals surface area contributed by atoms with Crippen LogP contribution in [0.4, 0.5) is 0 Å². The summed E-state index contributed by atoms with van der Waals surface area (Å²) in [4.78, 5) is 0. The molecule has 0 heterocycles. The van der Waals surface area contributed by atoms with Gasteiger partial charge in [-0.2, -0.15) is 0 Å². The summed E-state index contributed by atoms with van der Waals surface area (Å²) in [6.45, 7) is 0. The molecule has 0 aromatic heterocycles. The Morgan fingerprint density at radius 2 is 1.72 bits per heavy atom. The first-order valence-corrected chi connectivity index (χ1v) is 6.26. The molecule has 2 aromatic carbocycles. The lowest BCUT2D eigenvalue weighted by Crippen LogP contribution is -1.81. The van der Waals surface area contributed by atoms with Crippen molar-refractivity contribution >= 4 is 6.08 Å². The predicted molar refractivity (Wildman–Crippen MR) is 74.8 cm³/mol. The van der Waals surface area contributed by atoms with Crippen molar-refractivity contribution < 1.29 is 4.74 Å². The summed E-state index contributed by atoms with van der Waals surface area (Å²) in [6.07, 6.45) is 3.48. The number of hydrogen-bond acceptors (Lipinski definition) is 1. The maximum atomic E-state index is 5.16. The van der Waals surface area contributed by atoms with Gasteiger partial charge in [-0.1, -0.05) is 54.1 Å². The number of methoxy groups -OCH3 is 1. The Morgan fingerprint density at radius 1 is 1.00 bits per heavy atom. The zero-order valence-electron chi connectivity index (χ0n) is 10.5. The van der Waals surface area contributed by atoms with E-state index >= 15 is 0 Å². The molecule has 1 aliphatic rings. The minimum Gasteiger partial charge on any atom is -0.497 e. The predicted octanol–water partition coefficient (Wildman–Crippen LogP) is 4.27. The fraction of sp³-hybridized carbons (Fsp3) is 0.176. The van der Waals surface area contributed by atoms with Crippen LogP contribution in [0.5, 0.6) is 5.75 Å². The van der Waals surface area contributed by atoms with Gasteiger partial charge in [-0.25, -0.2) is 0 Å². The smallest absolute Gasteiger partial charge is 0.118 e. The van der Waals surface area contributed by atoms with Crippen molar-refractivity contribution in [1.82, 2.24) is 0 Å². The number of allylic oxidation sites excluding steroid dienone is 1. The standard InChI is InChI=1S/C17H16O/c1-18-16-9-7-13(8-10-16)11-15-12-17(15)14-5-3-2-4-6-14/h2-11,17H,12H2,1H3/b15-11-/t17-/m0/s1. The van der Waals surface area contributed by atoms with E-state index in [9.17, 15) is 0 Å². The minimum absolute atomic E-state index is 0.633. The molecule has 1 aliphatic carbocycles. The van der Waals surface area contributed by atoms with Crippen molar-refractivity contribution in [2.75, 3.05) is 7.11 Å². The summed E-state index contributed by atoms with van der Waals surface area (Å²) < 4.78 is 5.16. The third-order valence-electron chi connectivity index (χ3n) is 3.40. The second-order valence-electron chi connectivity index (χ2n) is 4.66. The molecule has 0 radical (unpaired) electrons. The van der Waals surface area contributed by atoms with Crippen molar-refractivity contribution in [3.8, 4) is 5.75 Å². The highest BCUT2D eigenvalue weighted by Crippen LogP contribution is 2.47. The average Bonchev–Trinajstić information content (AvgIpc) is 3.20. The summed E-state index contributed by atoms with van der Waals surface area (Å²) in [5.41, 5.74) is 4.20. The molecule has 1 saturated carbocycles. The molecule has 0 saturated heterocycles. The lowest BCUT2D eigenvalue weighted by molar-refractivity contribution is 0.415. The second kappa shape index (κ2) is 4.69. The maximum absolute atomic E-state index is 5.16. The van der Waals surface area contributed by atoms with Gasteiger partial charge in [-0.05, 0) is 29.7 Å². The first-order valence-electron chi connectivity index (χ1n) is 6.26. The third-order valence-corrected chi connectivity index (χ3v) is 3.40. The molecule has 0 aliphatic heterocycles. The van der Waals surface area contributed by atoms with Gasteiger partial charge < -0.3 is 4.74 Å². The van der Waals surface area contributed by atoms with E-state index < -0.39 is 0 Å². The van der Waals surface area contributed by atoms with Crippen LogP contribution in [0.25, 0.3) is 6.08 Å². The Kier molecular flexibility index (Phi) is 2.89. The van der Waals surface area contributed by atoms with Crippen LogP contribution in [-0.2, 0) is 0 Å². The molecule has 0 bridgehead atoms. The molecule has 0 amide bonds. The monoisotopic (exact) mass is 236 g/mol. The Labute approximate surface area is 108 Å². The van der Waals surface area contributed by atoms with Gasteiger partial charge in [0.25, 0.3) is 0 Å². The van der Waals surface area contributed by atoms with Gasteiger partial charge in [0.1, 0.15) is 5.75 Å². The van der Waals surface area contributed by atoms with E-state index in [1.807, 2.05) is 12.1 Å². The summed E-state index contributed by atoms with van der Waals surface area (Å²) >= 11 is 0. The number of ether oxygens (including phenoxy) is 1. The number of rotatable bonds is 3. The van der Waals surface area contributed by atoms with Gasteiger partial charge >= 0.3 is 0 Å². The fourth-order valence-electron chi connectivity index (χ4n) is 2.27. The molecule has 1 atom stereocenters. The van der Waals surface area contributed by atoms with Crippen LogP contribution in [0.15, 0.2) is 60.2 Å². The molecule has 0 N–H and O–H groups in total. The average molecular weight is 236 g/mol. The van der Waals surface area contributed by atoms with E-state index in [2.05, 4.69) is 48.5 Å². The molecule has 0 spiro atoms. The molecule has 0 unspecified atom stereocenters. The van der Waals surface area contributed by atoms with E-state index in [4.69, 9.17) is 4.74 Å². The van der Waals surface area contributed by atoms with Crippen molar-refractivity contribution in [2.45, 2.75) is 12.3 Å². The van der Waals surface area contributed by atoms with Gasteiger partial charge in [-0.15, -0.1) is 0 Å². The number of benzene rings is 2. The van der Waals surface area contributed by atoms with Gasteiger partial charge in [0.05, 0.1) is 7.11 Å². The zero-order valence-corrected chi connectivity index (χ0v) is 10.5. The van der Waals surface area contributed by atoms with Gasteiger partial charge in [-0.3, -0.25) is 0 Å². The molecule has 1 heteroatoms. The van der Waals surface area contributed by atoms with Crippen molar-refractivity contribution in [2.24, 2.45) is 0 Å². The Balaban J connectivity index is 1.75. The molecule has 1 nitrogen and oxygen atoms in total. The third kappa shape index (κ3) is 2.30. The van der Waals surface area contributed by atoms with Crippen LogP contribution < -0.4 is 4.74 Å². The molecular formula is C17H16O. The van der Waals surface area contributed by atoms with Crippen LogP contribution in [-0.4, -0.2) is 7.11 Å². The normalized spacial score (nSPS) is 19.8. The van der Waals surface area contributed by atoms with Crippen LogP contribution in [0.2, 0.25) is 0 Å². The van der Waals surface area contributed by atoms with Crippen molar-refractivity contribution in [1.29, 1.82) is 0 Å². The molecule has 90 valence electrons. The van der Waals surface area contributed by atoms with E-state index in [-0.39, 0.29) is 0 Å². The highest BCUT2D eigenvalue weighted by Gasteiger charge is 2.30. The Morgan fingerprint density at radius 3 is 2.39 bits per heavy atom. The summed E-state index contributed by atoms with van der Waals surface area (Å²) in [7, 11) is 1.69. The SMILES string of the molecule is COc1ccc(/C=C2/C[C@H]2c2ccccc2)cc1. The van der Waals surface area contributed by atoms with Crippen molar-refractivity contribution in [3.05, 3.63) is 71.3 Å². The number of hydrogen-bond donors (Lipinski definition) is 0. The highest BCUT2D eigenvalue weighted by molar-refractivity contribution is 5.62. The maximum Gasteiger partial charge on any atom is 0.118 e. The zero-order chi connectivity index (χ0) is 12.4. The van der Waals surface area contributed by atoms with Gasteiger partial charge in [0.15, 0.2) is 0 Å². The van der Waals surface area contributed by atoms with E-state index in [0.29, 0.717) is 5.92 Å². The van der Waals surface area contributed by atoms with Crippen molar-refractivity contribution in [3.63, 3.8) is 0 Å². The Bertz CT molecular complexity index is 552. The Hall–Kier alpha value is -2.02. The molecule has 2 aromatic rings. The largest absolute Gasteiger partial charge is 0.497 e. The minimum atomic E-state index is 0.633. The highest BCUT2D eigenvalue weighted by atomic mass is 16.5. The van der Waals surface area contributed by atoms with Crippen LogP contribution >= 0.6 is 0 Å². The molecule has 18 heavy (non-hydrogen) atoms. The molecule has 3 rings (SSSR count). The molecular weight excluding hydrogens is 220 g/mol. The first-order chi connectivity index (χ1) is 8.86. The van der Waals surface area contributed by atoms with Crippen LogP contribution in [0, 0.1) is 0 Å². The summed E-state index contributed by atoms with van der Waals surface area (Å²) in [5, 5.41) is 0. The quantitative estimate of drug-likeness (QED) is 0.773. The first kappa shape index (κ1) is 11.1. The van der Waals surface area contributed by atoms with E-state index in [0.717, 1.165) is 5.75 Å². The fourth-order valence-corrected chi connectivity index (χ4v) is 2.27. The van der Waals surface area contributed by atoms with Crippen LogP contribution in [0.1, 0.15) is 23.5 Å². The van der Waals surface area contributed by atoms with E-state index in [1.165, 1.54) is 23.1 Å². The lowest BCUT2D eigenvalue weighted by Gasteiger charge is -1.99. The summed E-state index contributed by atoms with van der Waals surface area (Å²) in [6, 6.07) is 18.9. The topological polar surface area (TPSA) is 9.23 Å². The molecule has 1 fully saturated rings. The van der Waals surface area contributed by atoms with Gasteiger partial charge in [0.2, 0.25) is 0 Å². The lowest BCUT2D eigenvalue weighted by atomic mass is 10.1. The van der Waals surface area contributed by atoms with E-state index in [1.54, 1.807) is 7.11 Å². The van der Waals surface area contributed by atoms with Crippen LogP contribution in [0.3, 0.4) is 0 Å².